The predicted octanol–water partition coefficient (Wildman–Crippen LogP) is 2.78. The van der Waals surface area contributed by atoms with Gasteiger partial charge in [-0.1, -0.05) is 25.1 Å². The molecule has 0 aliphatic carbocycles. The predicted molar refractivity (Wildman–Crippen MR) is 83.1 cm³/mol. The fraction of sp³-hybridized carbons (Fsp3) is 0.357. The molecule has 0 spiro atoms. The van der Waals surface area contributed by atoms with Crippen LogP contribution in [0.3, 0.4) is 0 Å². The van der Waals surface area contributed by atoms with E-state index in [0.29, 0.717) is 23.0 Å². The van der Waals surface area contributed by atoms with Crippen LogP contribution in [0.25, 0.3) is 0 Å². The lowest BCUT2D eigenvalue weighted by Crippen LogP contribution is -2.16. The largest absolute Gasteiger partial charge is 0.433 e. The molecule has 23 heavy (non-hydrogen) atoms. The monoisotopic (exact) mass is 334 g/mol. The molecule has 0 bridgehead atoms. The van der Waals surface area contributed by atoms with Crippen molar-refractivity contribution in [3.05, 3.63) is 49.6 Å². The summed E-state index contributed by atoms with van der Waals surface area (Å²) in [5.74, 6) is 0.366. The van der Waals surface area contributed by atoms with Gasteiger partial charge in [0, 0.05) is 0 Å². The molecule has 0 fully saturated rings. The number of furan rings is 1. The van der Waals surface area contributed by atoms with Gasteiger partial charge in [-0.3, -0.25) is 14.9 Å². The zero-order valence-corrected chi connectivity index (χ0v) is 13.2. The van der Waals surface area contributed by atoms with Gasteiger partial charge in [-0.2, -0.15) is 5.26 Å². The first-order chi connectivity index (χ1) is 11.0. The third-order valence-electron chi connectivity index (χ3n) is 3.03. The van der Waals surface area contributed by atoms with Gasteiger partial charge in [0.1, 0.15) is 22.3 Å². The smallest absolute Gasteiger partial charge is 0.405 e. The lowest BCUT2D eigenvalue weighted by molar-refractivity contribution is -0.402. The Bertz CT molecular complexity index is 806. The molecule has 0 saturated heterocycles. The normalized spacial score (nSPS) is 10.4. The summed E-state index contributed by atoms with van der Waals surface area (Å²) in [5, 5.41) is 20.0. The highest BCUT2D eigenvalue weighted by atomic mass is 32.2. The van der Waals surface area contributed by atoms with Crippen molar-refractivity contribution in [1.29, 1.82) is 5.26 Å². The van der Waals surface area contributed by atoms with Crippen LogP contribution in [-0.4, -0.2) is 14.9 Å². The topological polar surface area (TPSA) is 126 Å². The summed E-state index contributed by atoms with van der Waals surface area (Å²) in [6.45, 7) is 2.01. The van der Waals surface area contributed by atoms with Gasteiger partial charge in [0.25, 0.3) is 5.56 Å². The molecule has 0 aromatic carbocycles. The highest BCUT2D eigenvalue weighted by Gasteiger charge is 2.14. The van der Waals surface area contributed by atoms with Gasteiger partial charge in [0.2, 0.25) is 0 Å². The minimum Gasteiger partial charge on any atom is -0.405 e. The van der Waals surface area contributed by atoms with Crippen molar-refractivity contribution in [3.8, 4) is 6.07 Å². The van der Waals surface area contributed by atoms with Crippen molar-refractivity contribution < 1.29 is 9.34 Å². The Labute approximate surface area is 135 Å². The Kier molecular flexibility index (Phi) is 5.54. The Morgan fingerprint density at radius 2 is 2.30 bits per heavy atom. The Balaban J connectivity index is 2.16. The van der Waals surface area contributed by atoms with Crippen LogP contribution in [0.4, 0.5) is 5.88 Å². The maximum atomic E-state index is 11.9. The van der Waals surface area contributed by atoms with Crippen molar-refractivity contribution in [2.75, 3.05) is 0 Å². The zero-order valence-electron chi connectivity index (χ0n) is 12.4. The van der Waals surface area contributed by atoms with Gasteiger partial charge in [-0.25, -0.2) is 4.98 Å². The first-order valence-electron chi connectivity index (χ1n) is 6.94. The standard InChI is InChI=1S/C14H14N4O4S/c1-2-3-4-11-10(7-15)13(19)17-14(16-11)23-8-9-5-6-12(22-9)18(20)21/h5-6H,2-4,8H2,1H3,(H,16,17,19). The molecule has 0 saturated carbocycles. The molecule has 0 atom stereocenters. The molecule has 0 amide bonds. The number of aromatic amines is 1. The van der Waals surface area contributed by atoms with Crippen LogP contribution in [0.5, 0.6) is 0 Å². The third kappa shape index (κ3) is 4.20. The number of hydrogen-bond donors (Lipinski definition) is 1. The molecule has 0 aliphatic rings. The van der Waals surface area contributed by atoms with Crippen molar-refractivity contribution >= 4 is 17.6 Å². The van der Waals surface area contributed by atoms with E-state index in [9.17, 15) is 14.9 Å². The molecular formula is C14H14N4O4S. The minimum atomic E-state index is -0.612. The number of rotatable bonds is 7. The molecule has 0 radical (unpaired) electrons. The molecule has 0 aliphatic heterocycles. The van der Waals surface area contributed by atoms with Gasteiger partial charge in [0.05, 0.1) is 17.5 Å². The van der Waals surface area contributed by atoms with Gasteiger partial charge < -0.3 is 9.40 Å². The molecule has 2 rings (SSSR count). The molecule has 1 N–H and O–H groups in total. The van der Waals surface area contributed by atoms with E-state index in [-0.39, 0.29) is 17.2 Å². The number of H-pyrrole nitrogens is 1. The van der Waals surface area contributed by atoms with Crippen molar-refractivity contribution in [3.63, 3.8) is 0 Å². The van der Waals surface area contributed by atoms with Gasteiger partial charge >= 0.3 is 5.88 Å². The van der Waals surface area contributed by atoms with E-state index >= 15 is 0 Å². The quantitative estimate of drug-likeness (QED) is 0.357. The Hall–Kier alpha value is -2.60. The number of unbranched alkanes of at least 4 members (excludes halogenated alkanes) is 1. The number of aryl methyl sites for hydroxylation is 1. The molecule has 2 aromatic heterocycles. The SMILES string of the molecule is CCCCc1nc(SCc2ccc([N+](=O)[O-])o2)[nH]c(=O)c1C#N. The highest BCUT2D eigenvalue weighted by Crippen LogP contribution is 2.23. The van der Waals surface area contributed by atoms with E-state index in [1.54, 1.807) is 0 Å². The van der Waals surface area contributed by atoms with Crippen molar-refractivity contribution in [1.82, 2.24) is 9.97 Å². The fourth-order valence-corrected chi connectivity index (χ4v) is 2.66. The fourth-order valence-electron chi connectivity index (χ4n) is 1.89. The van der Waals surface area contributed by atoms with Crippen LogP contribution >= 0.6 is 11.8 Å². The molecule has 2 heterocycles. The number of thioether (sulfide) groups is 1. The average molecular weight is 334 g/mol. The van der Waals surface area contributed by atoms with Crippen LogP contribution in [0, 0.1) is 21.4 Å². The van der Waals surface area contributed by atoms with E-state index in [0.717, 1.165) is 12.8 Å². The highest BCUT2D eigenvalue weighted by molar-refractivity contribution is 7.98. The Morgan fingerprint density at radius 3 is 2.91 bits per heavy atom. The summed E-state index contributed by atoms with van der Waals surface area (Å²) in [5.41, 5.74) is 0.0454. The number of nitrogens with one attached hydrogen (secondary N) is 1. The number of hydrogen-bond acceptors (Lipinski definition) is 7. The summed E-state index contributed by atoms with van der Waals surface area (Å²) >= 11 is 1.19. The van der Waals surface area contributed by atoms with Crippen LogP contribution < -0.4 is 5.56 Å². The zero-order chi connectivity index (χ0) is 16.8. The number of nitrogens with zero attached hydrogens (tertiary/aromatic N) is 3. The first kappa shape index (κ1) is 16.8. The van der Waals surface area contributed by atoms with E-state index in [2.05, 4.69) is 9.97 Å². The second-order valence-electron chi connectivity index (χ2n) is 4.69. The summed E-state index contributed by atoms with van der Waals surface area (Å²) in [7, 11) is 0. The summed E-state index contributed by atoms with van der Waals surface area (Å²) in [6.07, 6.45) is 2.32. The maximum Gasteiger partial charge on any atom is 0.433 e. The molecule has 8 nitrogen and oxygen atoms in total. The van der Waals surface area contributed by atoms with Crippen molar-refractivity contribution in [2.45, 2.75) is 37.1 Å². The number of aromatic nitrogens is 2. The maximum absolute atomic E-state index is 11.9. The van der Waals surface area contributed by atoms with Crippen LogP contribution in [0.2, 0.25) is 0 Å². The second kappa shape index (κ2) is 7.60. The lowest BCUT2D eigenvalue weighted by Gasteiger charge is -2.05. The first-order valence-corrected chi connectivity index (χ1v) is 7.93. The average Bonchev–Trinajstić information content (AvgIpc) is 3.00. The van der Waals surface area contributed by atoms with E-state index in [1.807, 2.05) is 13.0 Å². The summed E-state index contributed by atoms with van der Waals surface area (Å²) < 4.78 is 5.05. The second-order valence-corrected chi connectivity index (χ2v) is 5.66. The summed E-state index contributed by atoms with van der Waals surface area (Å²) in [4.78, 5) is 28.7. The third-order valence-corrected chi connectivity index (χ3v) is 3.93. The molecule has 9 heteroatoms. The van der Waals surface area contributed by atoms with Crippen LogP contribution in [0.1, 0.15) is 36.8 Å². The number of nitriles is 1. The minimum absolute atomic E-state index is 0.0384. The Morgan fingerprint density at radius 1 is 1.52 bits per heavy atom. The van der Waals surface area contributed by atoms with Gasteiger partial charge in [-0.05, 0) is 18.9 Å². The molecule has 120 valence electrons. The lowest BCUT2D eigenvalue weighted by atomic mass is 10.1. The van der Waals surface area contributed by atoms with Crippen LogP contribution in [-0.2, 0) is 12.2 Å². The van der Waals surface area contributed by atoms with Crippen molar-refractivity contribution in [2.24, 2.45) is 0 Å². The molecule has 2 aromatic rings. The van der Waals surface area contributed by atoms with Crippen LogP contribution in [0.15, 0.2) is 26.5 Å². The van der Waals surface area contributed by atoms with Gasteiger partial charge in [-0.15, -0.1) is 0 Å². The molecule has 0 unspecified atom stereocenters. The van der Waals surface area contributed by atoms with Gasteiger partial charge in [0.15, 0.2) is 5.16 Å². The van der Waals surface area contributed by atoms with E-state index in [1.165, 1.54) is 23.9 Å². The summed E-state index contributed by atoms with van der Waals surface area (Å²) in [6, 6.07) is 4.66. The van der Waals surface area contributed by atoms with E-state index < -0.39 is 10.5 Å². The number of nitro groups is 1. The van der Waals surface area contributed by atoms with E-state index in [4.69, 9.17) is 9.68 Å². The molecular weight excluding hydrogens is 320 g/mol.